The Morgan fingerprint density at radius 1 is 0.875 bits per heavy atom. The standard InChI is InChI=1S/C26H34O5Si/c1-24(2,3)32(19-12-8-6-9-13-19,20-14-10-7-11-15-20)31-18-16-26(17-18)22(27)21-23(30-26)29-25(4,5)28-21/h6-15,18,21-23,27H,16-17H2,1-5H3/t18?,21-,22-,23+,26?/m1/s1. The van der Waals surface area contributed by atoms with E-state index in [-0.39, 0.29) is 11.1 Å². The lowest BCUT2D eigenvalue weighted by Crippen LogP contribution is -2.70. The highest BCUT2D eigenvalue weighted by Gasteiger charge is 2.67. The number of fused-ring (bicyclic) bond motifs is 1. The lowest BCUT2D eigenvalue weighted by molar-refractivity contribution is -0.267. The Morgan fingerprint density at radius 3 is 1.88 bits per heavy atom. The first-order valence-electron chi connectivity index (χ1n) is 11.6. The van der Waals surface area contributed by atoms with Crippen LogP contribution < -0.4 is 10.4 Å². The van der Waals surface area contributed by atoms with Crippen LogP contribution in [0.4, 0.5) is 0 Å². The lowest BCUT2D eigenvalue weighted by atomic mass is 9.73. The minimum Gasteiger partial charge on any atom is -0.404 e. The first-order valence-corrected chi connectivity index (χ1v) is 13.5. The average Bonchev–Trinajstić information content (AvgIpc) is 3.15. The molecule has 1 aliphatic carbocycles. The maximum atomic E-state index is 11.0. The average molecular weight is 455 g/mol. The Bertz CT molecular complexity index is 910. The van der Waals surface area contributed by atoms with Gasteiger partial charge in [0, 0.05) is 12.8 Å². The quantitative estimate of drug-likeness (QED) is 0.718. The molecule has 0 amide bonds. The van der Waals surface area contributed by atoms with Gasteiger partial charge in [-0.05, 0) is 29.3 Å². The molecule has 2 saturated heterocycles. The summed E-state index contributed by atoms with van der Waals surface area (Å²) in [5.74, 6) is -0.730. The van der Waals surface area contributed by atoms with Crippen LogP contribution in [0.2, 0.25) is 5.04 Å². The molecule has 0 bridgehead atoms. The molecule has 5 rings (SSSR count). The van der Waals surface area contributed by atoms with Gasteiger partial charge < -0.3 is 23.7 Å². The maximum Gasteiger partial charge on any atom is 0.261 e. The van der Waals surface area contributed by atoms with Crippen molar-refractivity contribution in [1.29, 1.82) is 0 Å². The van der Waals surface area contributed by atoms with E-state index in [4.69, 9.17) is 18.6 Å². The predicted octanol–water partition coefficient (Wildman–Crippen LogP) is 3.33. The molecule has 2 heterocycles. The molecule has 1 saturated carbocycles. The molecule has 5 nitrogen and oxygen atoms in total. The Morgan fingerprint density at radius 2 is 1.41 bits per heavy atom. The molecular formula is C26H34O5Si. The second-order valence-corrected chi connectivity index (χ2v) is 15.2. The number of ether oxygens (including phenoxy) is 3. The third-order valence-corrected chi connectivity index (χ3v) is 12.3. The fourth-order valence-corrected chi connectivity index (χ4v) is 10.4. The van der Waals surface area contributed by atoms with E-state index >= 15 is 0 Å². The van der Waals surface area contributed by atoms with Gasteiger partial charge in [-0.1, -0.05) is 81.4 Å². The van der Waals surface area contributed by atoms with Crippen LogP contribution in [0, 0.1) is 0 Å². The Hall–Kier alpha value is -1.54. The largest absolute Gasteiger partial charge is 0.404 e. The highest BCUT2D eigenvalue weighted by atomic mass is 28.4. The number of rotatable bonds is 4. The minimum atomic E-state index is -2.62. The lowest BCUT2D eigenvalue weighted by Gasteiger charge is -2.52. The van der Waals surface area contributed by atoms with Crippen molar-refractivity contribution in [2.45, 2.75) is 88.5 Å². The van der Waals surface area contributed by atoms with Crippen molar-refractivity contribution in [1.82, 2.24) is 0 Å². The predicted molar refractivity (Wildman–Crippen MR) is 125 cm³/mol. The first-order chi connectivity index (χ1) is 15.1. The summed E-state index contributed by atoms with van der Waals surface area (Å²) in [7, 11) is -2.62. The van der Waals surface area contributed by atoms with Crippen LogP contribution in [0.25, 0.3) is 0 Å². The Kier molecular flexibility index (Phi) is 5.21. The number of benzene rings is 2. The van der Waals surface area contributed by atoms with E-state index in [1.165, 1.54) is 10.4 Å². The molecule has 2 aromatic rings. The highest BCUT2D eigenvalue weighted by molar-refractivity contribution is 6.99. The summed E-state index contributed by atoms with van der Waals surface area (Å²) in [6, 6.07) is 21.3. The smallest absolute Gasteiger partial charge is 0.261 e. The van der Waals surface area contributed by atoms with E-state index in [9.17, 15) is 5.11 Å². The van der Waals surface area contributed by atoms with E-state index in [1.54, 1.807) is 0 Å². The minimum absolute atomic E-state index is 0.00258. The van der Waals surface area contributed by atoms with Crippen molar-refractivity contribution in [3.05, 3.63) is 60.7 Å². The molecule has 0 aromatic heterocycles. The van der Waals surface area contributed by atoms with Crippen molar-refractivity contribution in [3.8, 4) is 0 Å². The third kappa shape index (κ3) is 3.40. The molecule has 0 unspecified atom stereocenters. The van der Waals surface area contributed by atoms with E-state index in [0.29, 0.717) is 12.8 Å². The maximum absolute atomic E-state index is 11.0. The van der Waals surface area contributed by atoms with Gasteiger partial charge in [0.2, 0.25) is 0 Å². The van der Waals surface area contributed by atoms with Gasteiger partial charge in [0.15, 0.2) is 12.1 Å². The first kappa shape index (κ1) is 22.3. The van der Waals surface area contributed by atoms with Crippen LogP contribution in [0.1, 0.15) is 47.5 Å². The molecule has 3 aliphatic rings. The number of aliphatic hydroxyl groups excluding tert-OH is 1. The van der Waals surface area contributed by atoms with Crippen molar-refractivity contribution >= 4 is 18.7 Å². The summed E-state index contributed by atoms with van der Waals surface area (Å²) >= 11 is 0. The number of aliphatic hydroxyl groups is 1. The molecule has 32 heavy (non-hydrogen) atoms. The molecule has 2 aliphatic heterocycles. The van der Waals surface area contributed by atoms with Gasteiger partial charge >= 0.3 is 0 Å². The Balaban J connectivity index is 1.43. The summed E-state index contributed by atoms with van der Waals surface area (Å²) in [5, 5.41) is 13.5. The fourth-order valence-electron chi connectivity index (χ4n) is 5.74. The van der Waals surface area contributed by atoms with E-state index in [0.717, 1.165) is 0 Å². The van der Waals surface area contributed by atoms with Crippen molar-refractivity contribution < 1.29 is 23.7 Å². The summed E-state index contributed by atoms with van der Waals surface area (Å²) in [5.41, 5.74) is -0.651. The summed E-state index contributed by atoms with van der Waals surface area (Å²) in [6.45, 7) is 10.5. The topological polar surface area (TPSA) is 57.2 Å². The zero-order valence-corrected chi connectivity index (χ0v) is 20.6. The second-order valence-electron chi connectivity index (χ2n) is 10.9. The van der Waals surface area contributed by atoms with E-state index in [1.807, 2.05) is 13.8 Å². The fraction of sp³-hybridized carbons (Fsp3) is 0.538. The molecule has 3 fully saturated rings. The van der Waals surface area contributed by atoms with Crippen LogP contribution in [-0.2, 0) is 18.6 Å². The monoisotopic (exact) mass is 454 g/mol. The SMILES string of the molecule is CC1(C)O[C@H]2OC3(CC(O[Si](c4ccccc4)(c4ccccc4)C(C)(C)C)C3)[C@H](O)[C@H]2O1. The van der Waals surface area contributed by atoms with Crippen molar-refractivity contribution in [2.75, 3.05) is 0 Å². The van der Waals surface area contributed by atoms with Gasteiger partial charge in [-0.15, -0.1) is 0 Å². The zero-order chi connectivity index (χ0) is 22.8. The van der Waals surface area contributed by atoms with Gasteiger partial charge in [0.25, 0.3) is 8.32 Å². The van der Waals surface area contributed by atoms with E-state index < -0.39 is 38.2 Å². The van der Waals surface area contributed by atoms with Crippen molar-refractivity contribution in [2.24, 2.45) is 0 Å². The van der Waals surface area contributed by atoms with Crippen molar-refractivity contribution in [3.63, 3.8) is 0 Å². The van der Waals surface area contributed by atoms with Crippen LogP contribution in [-0.4, -0.2) is 49.4 Å². The van der Waals surface area contributed by atoms with Gasteiger partial charge in [-0.2, -0.15) is 0 Å². The van der Waals surface area contributed by atoms with Crippen LogP contribution >= 0.6 is 0 Å². The molecule has 172 valence electrons. The summed E-state index contributed by atoms with van der Waals surface area (Å²) in [6.07, 6.45) is -0.402. The molecule has 6 heteroatoms. The van der Waals surface area contributed by atoms with Crippen LogP contribution in [0.5, 0.6) is 0 Å². The molecule has 0 radical (unpaired) electrons. The zero-order valence-electron chi connectivity index (χ0n) is 19.6. The Labute approximate surface area is 191 Å². The second kappa shape index (κ2) is 7.48. The number of hydrogen-bond donors (Lipinski definition) is 1. The number of hydrogen-bond acceptors (Lipinski definition) is 5. The summed E-state index contributed by atoms with van der Waals surface area (Å²) in [4.78, 5) is 0. The molecule has 2 aromatic carbocycles. The molecule has 3 atom stereocenters. The van der Waals surface area contributed by atoms with Gasteiger partial charge in [-0.3, -0.25) is 0 Å². The van der Waals surface area contributed by atoms with Crippen LogP contribution in [0.15, 0.2) is 60.7 Å². The van der Waals surface area contributed by atoms with Crippen LogP contribution in [0.3, 0.4) is 0 Å². The third-order valence-electron chi connectivity index (χ3n) is 7.20. The molecular weight excluding hydrogens is 420 g/mol. The van der Waals surface area contributed by atoms with Gasteiger partial charge in [0.05, 0.1) is 6.10 Å². The van der Waals surface area contributed by atoms with Gasteiger partial charge in [0.1, 0.15) is 17.8 Å². The molecule has 1 N–H and O–H groups in total. The van der Waals surface area contributed by atoms with Gasteiger partial charge in [-0.25, -0.2) is 0 Å². The summed E-state index contributed by atoms with van der Waals surface area (Å²) < 4.78 is 25.2. The molecule has 1 spiro atoms. The normalized spacial score (nSPS) is 33.8. The highest BCUT2D eigenvalue weighted by Crippen LogP contribution is 2.53. The van der Waals surface area contributed by atoms with E-state index in [2.05, 4.69) is 81.4 Å².